The first-order valence-corrected chi connectivity index (χ1v) is 15.6. The van der Waals surface area contributed by atoms with Crippen LogP contribution in [0.5, 0.6) is 0 Å². The Morgan fingerprint density at radius 1 is 1.07 bits per heavy atom. The number of ether oxygens (including phenoxy) is 2. The summed E-state index contributed by atoms with van der Waals surface area (Å²) in [4.78, 5) is 25.9. The summed E-state index contributed by atoms with van der Waals surface area (Å²) in [6.45, 7) is 2.44. The lowest BCUT2D eigenvalue weighted by molar-refractivity contribution is -0.235. The Hall–Kier alpha value is -3.02. The van der Waals surface area contributed by atoms with Gasteiger partial charge in [-0.05, 0) is 73.1 Å². The number of nitrogens with zero attached hydrogens (tertiary/aromatic N) is 1. The van der Waals surface area contributed by atoms with E-state index < -0.39 is 76.8 Å². The van der Waals surface area contributed by atoms with Crippen molar-refractivity contribution in [3.05, 3.63) is 82.7 Å². The minimum Gasteiger partial charge on any atom is -0.392 e. The number of carbonyl (C=O) groups excluding carboxylic acids is 2. The number of hydrogen-bond acceptors (Lipinski definition) is 7. The number of hydrogen-bond donors (Lipinski definition) is 3. The van der Waals surface area contributed by atoms with Crippen molar-refractivity contribution in [2.75, 3.05) is 6.61 Å². The van der Waals surface area contributed by atoms with Crippen molar-refractivity contribution in [3.63, 3.8) is 0 Å². The normalized spacial score (nSPS) is 41.7. The predicted molar refractivity (Wildman–Crippen MR) is 158 cm³/mol. The molecule has 10 heteroatoms. The molecule has 1 aromatic carbocycles. The van der Waals surface area contributed by atoms with Gasteiger partial charge in [0.1, 0.15) is 12.8 Å². The van der Waals surface area contributed by atoms with Gasteiger partial charge in [-0.15, -0.1) is 0 Å². The monoisotopic (exact) mass is 623 g/mol. The van der Waals surface area contributed by atoms with Gasteiger partial charge >= 0.3 is 0 Å². The largest absolute Gasteiger partial charge is 0.392 e. The molecule has 0 bridgehead atoms. The number of benzene rings is 1. The van der Waals surface area contributed by atoms with Crippen LogP contribution in [-0.4, -0.2) is 67.7 Å². The van der Waals surface area contributed by atoms with Crippen LogP contribution in [0.3, 0.4) is 0 Å². The number of Topliss-reactive ketones (excluding diaryl/α,β-unsaturated/α-hetero) is 1. The molecule has 45 heavy (non-hydrogen) atoms. The number of carbonyl (C=O) groups is 2. The average Bonchev–Trinajstić information content (AvgIpc) is 3.65. The van der Waals surface area contributed by atoms with Crippen LogP contribution < -0.4 is 0 Å². The van der Waals surface area contributed by atoms with Crippen molar-refractivity contribution < 1.29 is 43.2 Å². The Labute approximate surface area is 260 Å². The van der Waals surface area contributed by atoms with Gasteiger partial charge in [0.05, 0.1) is 24.5 Å². The van der Waals surface area contributed by atoms with Crippen LogP contribution in [0.2, 0.25) is 0 Å². The highest BCUT2D eigenvalue weighted by atomic mass is 19.1. The van der Waals surface area contributed by atoms with E-state index in [9.17, 15) is 24.9 Å². The molecule has 0 unspecified atom stereocenters. The molecule has 1 saturated heterocycles. The molecule has 240 valence electrons. The van der Waals surface area contributed by atoms with Crippen molar-refractivity contribution in [2.24, 2.45) is 29.7 Å². The fourth-order valence-corrected chi connectivity index (χ4v) is 9.66. The summed E-state index contributed by atoms with van der Waals surface area (Å²) in [7, 11) is 1.87. The third kappa shape index (κ3) is 3.92. The highest BCUT2D eigenvalue weighted by Crippen LogP contribution is 2.72. The Morgan fingerprint density at radius 3 is 2.47 bits per heavy atom. The summed E-state index contributed by atoms with van der Waals surface area (Å²) in [5.41, 5.74) is -3.20. The Morgan fingerprint density at radius 2 is 1.78 bits per heavy atom. The van der Waals surface area contributed by atoms with Gasteiger partial charge in [-0.3, -0.25) is 9.59 Å². The second-order valence-corrected chi connectivity index (χ2v) is 13.9. The fraction of sp³-hybridized carbons (Fsp3) is 0.543. The number of aliphatic hydroxyl groups excluding tert-OH is 3. The summed E-state index contributed by atoms with van der Waals surface area (Å²) in [5, 5.41) is 31.3. The van der Waals surface area contributed by atoms with Crippen LogP contribution in [0.1, 0.15) is 61.9 Å². The van der Waals surface area contributed by atoms with E-state index in [1.165, 1.54) is 19.1 Å². The molecular formula is C35H39F2NO7. The maximum atomic E-state index is 17.6. The number of alkyl halides is 2. The topological polar surface area (TPSA) is 118 Å². The zero-order valence-corrected chi connectivity index (χ0v) is 25.6. The molecular weight excluding hydrogens is 584 g/mol. The Balaban J connectivity index is 1.23. The minimum atomic E-state index is -2.30. The van der Waals surface area contributed by atoms with E-state index in [1.807, 2.05) is 48.0 Å². The molecule has 5 aliphatic rings. The lowest BCUT2D eigenvalue weighted by Crippen LogP contribution is -2.70. The van der Waals surface area contributed by atoms with E-state index in [4.69, 9.17) is 9.47 Å². The maximum Gasteiger partial charge on any atom is 0.200 e. The molecule has 2 aromatic rings. The van der Waals surface area contributed by atoms with Crippen molar-refractivity contribution >= 4 is 11.6 Å². The van der Waals surface area contributed by atoms with E-state index >= 15 is 8.78 Å². The molecule has 10 atom stereocenters. The van der Waals surface area contributed by atoms with Gasteiger partial charge in [-0.1, -0.05) is 37.3 Å². The second kappa shape index (κ2) is 10.2. The third-order valence-corrected chi connectivity index (χ3v) is 12.0. The Bertz CT molecular complexity index is 1620. The standard InChI is InChI=1S/C35H39F2NO7/c1-32-11-10-22(41)13-25(32)26(36)14-24-23-15-30-35(29(43)18-40,33(23,2)16-28(42)34(24,32)37)45-31(44-30)27-9-8-21(38(27)3)12-19-4-6-20(17-39)7-5-19/h4-11,13,23-24,26,28,30-31,39-40,42H,12,14-18H2,1-3H3/t23-,24-,26-,28-,30+,31+,32-,33-,34-,35+/m0/s1. The zero-order chi connectivity index (χ0) is 32.1. The van der Waals surface area contributed by atoms with Crippen LogP contribution in [0.25, 0.3) is 0 Å². The molecule has 3 saturated carbocycles. The van der Waals surface area contributed by atoms with E-state index in [-0.39, 0.29) is 31.4 Å². The molecule has 3 N–H and O–H groups in total. The molecule has 4 aliphatic carbocycles. The zero-order valence-electron chi connectivity index (χ0n) is 25.6. The van der Waals surface area contributed by atoms with E-state index in [0.717, 1.165) is 22.9 Å². The lowest BCUT2D eigenvalue weighted by atomic mass is 9.44. The van der Waals surface area contributed by atoms with Gasteiger partial charge in [0.25, 0.3) is 0 Å². The smallest absolute Gasteiger partial charge is 0.200 e. The number of aromatic nitrogens is 1. The first kappa shape index (κ1) is 30.6. The number of aliphatic hydroxyl groups is 3. The van der Waals surface area contributed by atoms with E-state index in [1.54, 1.807) is 6.92 Å². The van der Waals surface area contributed by atoms with Gasteiger partial charge in [-0.2, -0.15) is 0 Å². The highest BCUT2D eigenvalue weighted by Gasteiger charge is 2.80. The Kier molecular flexibility index (Phi) is 6.97. The van der Waals surface area contributed by atoms with Gasteiger partial charge in [0.2, 0.25) is 6.29 Å². The number of allylic oxidation sites excluding steroid dienone is 4. The molecule has 7 rings (SSSR count). The van der Waals surface area contributed by atoms with E-state index in [2.05, 4.69) is 0 Å². The minimum absolute atomic E-state index is 0.0336. The number of fused-ring (bicyclic) bond motifs is 7. The van der Waals surface area contributed by atoms with Gasteiger partial charge < -0.3 is 29.4 Å². The molecule has 4 fully saturated rings. The van der Waals surface area contributed by atoms with Crippen LogP contribution in [0.15, 0.2) is 60.2 Å². The first-order chi connectivity index (χ1) is 21.3. The number of ketones is 2. The summed E-state index contributed by atoms with van der Waals surface area (Å²) in [6, 6.07) is 11.5. The van der Waals surface area contributed by atoms with Crippen LogP contribution in [0, 0.1) is 22.7 Å². The SMILES string of the molecule is Cn1c(Cc2ccc(CO)cc2)ccc1[C@@H]1O[C@@H]2C[C@H]3[C@@H]4C[C@H](F)C5=CC(=O)C=C[C@]5(C)[C@@]4(F)[C@@H](O)C[C@]3(C)[C@]2(C(=O)CO)O1. The maximum absolute atomic E-state index is 17.6. The van der Waals surface area contributed by atoms with Crippen molar-refractivity contribution in [3.8, 4) is 0 Å². The van der Waals surface area contributed by atoms with Crippen molar-refractivity contribution in [1.82, 2.24) is 4.57 Å². The lowest BCUT2D eigenvalue weighted by Gasteiger charge is -2.63. The van der Waals surface area contributed by atoms with Crippen molar-refractivity contribution in [2.45, 2.75) is 82.1 Å². The summed E-state index contributed by atoms with van der Waals surface area (Å²) < 4.78 is 48.5. The van der Waals surface area contributed by atoms with Crippen LogP contribution in [-0.2, 0) is 39.1 Å². The molecule has 8 nitrogen and oxygen atoms in total. The molecule has 1 aliphatic heterocycles. The summed E-state index contributed by atoms with van der Waals surface area (Å²) in [6.07, 6.45) is -0.908. The molecule has 0 spiro atoms. The number of rotatable bonds is 6. The molecule has 0 amide bonds. The average molecular weight is 624 g/mol. The summed E-state index contributed by atoms with van der Waals surface area (Å²) >= 11 is 0. The summed E-state index contributed by atoms with van der Waals surface area (Å²) in [5.74, 6) is -2.64. The van der Waals surface area contributed by atoms with Crippen LogP contribution >= 0.6 is 0 Å². The van der Waals surface area contributed by atoms with Gasteiger partial charge in [-0.25, -0.2) is 8.78 Å². The first-order valence-electron chi connectivity index (χ1n) is 15.6. The molecule has 2 heterocycles. The van der Waals surface area contributed by atoms with E-state index in [0.29, 0.717) is 12.1 Å². The van der Waals surface area contributed by atoms with Gasteiger partial charge in [0.15, 0.2) is 22.8 Å². The second-order valence-electron chi connectivity index (χ2n) is 13.9. The van der Waals surface area contributed by atoms with Gasteiger partial charge in [0, 0.05) is 35.9 Å². The highest BCUT2D eigenvalue weighted by molar-refractivity contribution is 6.01. The fourth-order valence-electron chi connectivity index (χ4n) is 9.66. The number of halogens is 2. The molecule has 1 aromatic heterocycles. The van der Waals surface area contributed by atoms with Crippen molar-refractivity contribution in [1.29, 1.82) is 0 Å². The molecule has 0 radical (unpaired) electrons. The quantitative estimate of drug-likeness (QED) is 0.449. The van der Waals surface area contributed by atoms with Crippen LogP contribution in [0.4, 0.5) is 8.78 Å². The predicted octanol–water partition coefficient (Wildman–Crippen LogP) is 3.75. The third-order valence-electron chi connectivity index (χ3n) is 12.0.